The molecule has 1 aromatic rings. The van der Waals surface area contributed by atoms with Crippen LogP contribution in [0.2, 0.25) is 0 Å². The predicted molar refractivity (Wildman–Crippen MR) is 77.4 cm³/mol. The van der Waals surface area contributed by atoms with E-state index in [2.05, 4.69) is 5.32 Å². The third-order valence-electron chi connectivity index (χ3n) is 3.13. The van der Waals surface area contributed by atoms with Crippen molar-refractivity contribution in [1.82, 2.24) is 5.32 Å². The third-order valence-corrected chi connectivity index (χ3v) is 3.13. The van der Waals surface area contributed by atoms with Gasteiger partial charge >= 0.3 is 12.1 Å². The molecule has 0 bridgehead atoms. The first-order valence-electron chi connectivity index (χ1n) is 6.78. The zero-order chi connectivity index (χ0) is 17.1. The van der Waals surface area contributed by atoms with E-state index < -0.39 is 30.0 Å². The summed E-state index contributed by atoms with van der Waals surface area (Å²) in [6.45, 7) is 6.78. The molecule has 4 nitrogen and oxygen atoms in total. The summed E-state index contributed by atoms with van der Waals surface area (Å²) in [5.74, 6) is -3.29. The van der Waals surface area contributed by atoms with Gasteiger partial charge in [0, 0.05) is 5.69 Å². The molecule has 0 saturated heterocycles. The summed E-state index contributed by atoms with van der Waals surface area (Å²) in [4.78, 5) is 23.2. The van der Waals surface area contributed by atoms with Crippen LogP contribution in [-0.2, 0) is 9.59 Å². The molecule has 0 aliphatic rings. The summed E-state index contributed by atoms with van der Waals surface area (Å²) in [6.07, 6.45) is -5.02. The van der Waals surface area contributed by atoms with Crippen LogP contribution in [0, 0.1) is 19.8 Å². The number of nitrogens with one attached hydrogen (secondary N) is 2. The molecule has 0 fully saturated rings. The number of alkyl halides is 3. The summed E-state index contributed by atoms with van der Waals surface area (Å²) in [6, 6.07) is 4.02. The summed E-state index contributed by atoms with van der Waals surface area (Å²) >= 11 is 0. The van der Waals surface area contributed by atoms with E-state index in [0.29, 0.717) is 5.69 Å². The average Bonchev–Trinajstić information content (AvgIpc) is 2.37. The highest BCUT2D eigenvalue weighted by atomic mass is 19.4. The normalized spacial score (nSPS) is 12.9. The number of hydrogen-bond donors (Lipinski definition) is 2. The smallest absolute Gasteiger partial charge is 0.336 e. The van der Waals surface area contributed by atoms with Crippen molar-refractivity contribution in [1.29, 1.82) is 0 Å². The number of halogens is 3. The monoisotopic (exact) mass is 316 g/mol. The Morgan fingerprint density at radius 3 is 2.18 bits per heavy atom. The van der Waals surface area contributed by atoms with Crippen molar-refractivity contribution in [3.8, 4) is 0 Å². The molecular weight excluding hydrogens is 297 g/mol. The zero-order valence-electron chi connectivity index (χ0n) is 12.8. The van der Waals surface area contributed by atoms with Gasteiger partial charge in [0.2, 0.25) is 5.91 Å². The van der Waals surface area contributed by atoms with Crippen LogP contribution in [-0.4, -0.2) is 24.0 Å². The molecule has 122 valence electrons. The zero-order valence-corrected chi connectivity index (χ0v) is 12.8. The minimum atomic E-state index is -5.02. The second kappa shape index (κ2) is 6.81. The number of amides is 2. The predicted octanol–water partition coefficient (Wildman–Crippen LogP) is 2.95. The van der Waals surface area contributed by atoms with Gasteiger partial charge in [0.05, 0.1) is 0 Å². The first-order valence-corrected chi connectivity index (χ1v) is 6.78. The highest BCUT2D eigenvalue weighted by Crippen LogP contribution is 2.19. The van der Waals surface area contributed by atoms with E-state index in [9.17, 15) is 22.8 Å². The number of anilines is 1. The highest BCUT2D eigenvalue weighted by Gasteiger charge is 2.41. The fourth-order valence-electron chi connectivity index (χ4n) is 1.92. The van der Waals surface area contributed by atoms with E-state index in [1.165, 1.54) is 0 Å². The second-order valence-corrected chi connectivity index (χ2v) is 5.50. The topological polar surface area (TPSA) is 58.2 Å². The van der Waals surface area contributed by atoms with Crippen molar-refractivity contribution in [2.24, 2.45) is 5.92 Å². The van der Waals surface area contributed by atoms with Gasteiger partial charge in [0.25, 0.3) is 0 Å². The van der Waals surface area contributed by atoms with Gasteiger partial charge in [0.1, 0.15) is 6.04 Å². The Morgan fingerprint density at radius 2 is 1.73 bits per heavy atom. The minimum absolute atomic E-state index is 0.489. The first kappa shape index (κ1) is 18.0. The molecule has 0 spiro atoms. The molecule has 0 aliphatic carbocycles. The lowest BCUT2D eigenvalue weighted by molar-refractivity contribution is -0.175. The van der Waals surface area contributed by atoms with Gasteiger partial charge in [-0.15, -0.1) is 0 Å². The Balaban J connectivity index is 2.88. The molecule has 1 aromatic carbocycles. The quantitative estimate of drug-likeness (QED) is 0.897. The van der Waals surface area contributed by atoms with Crippen LogP contribution >= 0.6 is 0 Å². The minimum Gasteiger partial charge on any atom is -0.336 e. The lowest BCUT2D eigenvalue weighted by Crippen LogP contribution is -2.51. The molecule has 2 amide bonds. The number of benzene rings is 1. The number of carbonyl (C=O) groups is 2. The van der Waals surface area contributed by atoms with Gasteiger partial charge in [-0.3, -0.25) is 9.59 Å². The van der Waals surface area contributed by atoms with Gasteiger partial charge in [0.15, 0.2) is 0 Å². The van der Waals surface area contributed by atoms with E-state index in [-0.39, 0.29) is 0 Å². The van der Waals surface area contributed by atoms with Gasteiger partial charge in [-0.25, -0.2) is 0 Å². The fourth-order valence-corrected chi connectivity index (χ4v) is 1.92. The van der Waals surface area contributed by atoms with Crippen molar-refractivity contribution in [3.05, 3.63) is 29.3 Å². The van der Waals surface area contributed by atoms with Gasteiger partial charge in [-0.1, -0.05) is 31.5 Å². The van der Waals surface area contributed by atoms with Crippen LogP contribution in [0.3, 0.4) is 0 Å². The first-order chi connectivity index (χ1) is 10.0. The van der Waals surface area contributed by atoms with Crippen LogP contribution in [0.4, 0.5) is 18.9 Å². The molecule has 2 N–H and O–H groups in total. The van der Waals surface area contributed by atoms with E-state index >= 15 is 0 Å². The molecule has 0 saturated carbocycles. The average molecular weight is 316 g/mol. The van der Waals surface area contributed by atoms with E-state index in [4.69, 9.17) is 0 Å². The molecule has 0 aliphatic heterocycles. The third kappa shape index (κ3) is 4.75. The van der Waals surface area contributed by atoms with E-state index in [0.717, 1.165) is 11.1 Å². The standard InChI is InChI=1S/C15H19F3N2O2/c1-8(2)12(20-14(22)15(16,17)18)13(21)19-11-6-5-9(3)7-10(11)4/h5-8,12H,1-4H3,(H,19,21)(H,20,22). The summed E-state index contributed by atoms with van der Waals surface area (Å²) in [5.41, 5.74) is 2.29. The lowest BCUT2D eigenvalue weighted by atomic mass is 10.0. The summed E-state index contributed by atoms with van der Waals surface area (Å²) in [7, 11) is 0. The maximum atomic E-state index is 12.3. The Kier molecular flexibility index (Phi) is 5.57. The van der Waals surface area contributed by atoms with Crippen LogP contribution in [0.15, 0.2) is 18.2 Å². The molecule has 7 heteroatoms. The SMILES string of the molecule is Cc1ccc(NC(=O)C(NC(=O)C(F)(F)F)C(C)C)c(C)c1. The largest absolute Gasteiger partial charge is 0.471 e. The van der Waals surface area contributed by atoms with Gasteiger partial charge in [-0.05, 0) is 31.4 Å². The van der Waals surface area contributed by atoms with Crippen molar-refractivity contribution in [2.45, 2.75) is 39.9 Å². The van der Waals surface area contributed by atoms with E-state index in [1.807, 2.05) is 13.0 Å². The molecule has 1 unspecified atom stereocenters. The second-order valence-electron chi connectivity index (χ2n) is 5.50. The molecule has 22 heavy (non-hydrogen) atoms. The fraction of sp³-hybridized carbons (Fsp3) is 0.467. The molecule has 0 radical (unpaired) electrons. The maximum absolute atomic E-state index is 12.3. The van der Waals surface area contributed by atoms with Crippen LogP contribution in [0.25, 0.3) is 0 Å². The molecule has 1 rings (SSSR count). The van der Waals surface area contributed by atoms with Gasteiger partial charge in [-0.2, -0.15) is 13.2 Å². The van der Waals surface area contributed by atoms with Crippen LogP contribution in [0.5, 0.6) is 0 Å². The number of carbonyl (C=O) groups excluding carboxylic acids is 2. The summed E-state index contributed by atoms with van der Waals surface area (Å²) in [5, 5.41) is 4.29. The van der Waals surface area contributed by atoms with Crippen molar-refractivity contribution >= 4 is 17.5 Å². The maximum Gasteiger partial charge on any atom is 0.471 e. The lowest BCUT2D eigenvalue weighted by Gasteiger charge is -2.22. The number of aryl methyl sites for hydroxylation is 2. The van der Waals surface area contributed by atoms with Crippen molar-refractivity contribution < 1.29 is 22.8 Å². The number of hydrogen-bond acceptors (Lipinski definition) is 2. The highest BCUT2D eigenvalue weighted by molar-refractivity contribution is 5.98. The van der Waals surface area contributed by atoms with Crippen molar-refractivity contribution in [2.75, 3.05) is 5.32 Å². The summed E-state index contributed by atoms with van der Waals surface area (Å²) < 4.78 is 37.0. The van der Waals surface area contributed by atoms with Crippen molar-refractivity contribution in [3.63, 3.8) is 0 Å². The molecule has 0 heterocycles. The van der Waals surface area contributed by atoms with E-state index in [1.54, 1.807) is 38.2 Å². The Bertz CT molecular complexity index is 568. The molecule has 1 atom stereocenters. The van der Waals surface area contributed by atoms with Crippen LogP contribution < -0.4 is 10.6 Å². The van der Waals surface area contributed by atoms with Gasteiger partial charge < -0.3 is 10.6 Å². The molecular formula is C15H19F3N2O2. The Labute approximate surface area is 127 Å². The molecule has 0 aromatic heterocycles. The Morgan fingerprint density at radius 1 is 1.14 bits per heavy atom. The van der Waals surface area contributed by atoms with Crippen LogP contribution in [0.1, 0.15) is 25.0 Å². The number of rotatable bonds is 4. The Hall–Kier alpha value is -2.05.